The van der Waals surface area contributed by atoms with Gasteiger partial charge in [0.2, 0.25) is 5.91 Å². The predicted octanol–water partition coefficient (Wildman–Crippen LogP) is 4.48. The van der Waals surface area contributed by atoms with Crippen molar-refractivity contribution in [3.05, 3.63) is 65.2 Å². The van der Waals surface area contributed by atoms with E-state index >= 15 is 0 Å². The van der Waals surface area contributed by atoms with Gasteiger partial charge < -0.3 is 15.0 Å². The molecule has 1 unspecified atom stereocenters. The number of nitrogens with one attached hydrogen (secondary N) is 1. The minimum Gasteiger partial charge on any atom is -0.484 e. The molecular formula is C24H31ClN2O3. The maximum Gasteiger partial charge on any atom is 0.261 e. The second kappa shape index (κ2) is 11.0. The van der Waals surface area contributed by atoms with E-state index in [4.69, 9.17) is 16.3 Å². The SMILES string of the molecule is CCC(C(=O)NC(C)(C)C)N(CCc1ccccc1)C(=O)COc1cccc(Cl)c1. The Bertz CT molecular complexity index is 834. The summed E-state index contributed by atoms with van der Waals surface area (Å²) in [7, 11) is 0. The third-order valence-corrected chi connectivity index (χ3v) is 4.76. The number of amides is 2. The quantitative estimate of drug-likeness (QED) is 0.637. The van der Waals surface area contributed by atoms with Gasteiger partial charge in [0.05, 0.1) is 0 Å². The van der Waals surface area contributed by atoms with Crippen LogP contribution in [0.3, 0.4) is 0 Å². The van der Waals surface area contributed by atoms with Crippen LogP contribution in [0.2, 0.25) is 5.02 Å². The molecule has 162 valence electrons. The highest BCUT2D eigenvalue weighted by Gasteiger charge is 2.30. The van der Waals surface area contributed by atoms with Gasteiger partial charge in [0, 0.05) is 17.1 Å². The van der Waals surface area contributed by atoms with Crippen LogP contribution in [-0.2, 0) is 16.0 Å². The summed E-state index contributed by atoms with van der Waals surface area (Å²) >= 11 is 5.99. The lowest BCUT2D eigenvalue weighted by Crippen LogP contribution is -2.54. The van der Waals surface area contributed by atoms with Crippen molar-refractivity contribution in [2.24, 2.45) is 0 Å². The Morgan fingerprint density at radius 1 is 1.10 bits per heavy atom. The average molecular weight is 431 g/mol. The third kappa shape index (κ3) is 7.71. The van der Waals surface area contributed by atoms with E-state index in [9.17, 15) is 9.59 Å². The maximum absolute atomic E-state index is 13.1. The maximum atomic E-state index is 13.1. The summed E-state index contributed by atoms with van der Waals surface area (Å²) in [6.07, 6.45) is 1.17. The van der Waals surface area contributed by atoms with Crippen LogP contribution in [0.1, 0.15) is 39.7 Å². The summed E-state index contributed by atoms with van der Waals surface area (Å²) in [5, 5.41) is 3.53. The number of rotatable bonds is 9. The highest BCUT2D eigenvalue weighted by molar-refractivity contribution is 6.30. The van der Waals surface area contributed by atoms with E-state index in [1.807, 2.05) is 58.0 Å². The van der Waals surface area contributed by atoms with E-state index in [1.54, 1.807) is 29.2 Å². The van der Waals surface area contributed by atoms with Gasteiger partial charge in [-0.2, -0.15) is 0 Å². The molecule has 2 amide bonds. The molecule has 0 saturated carbocycles. The Morgan fingerprint density at radius 3 is 2.40 bits per heavy atom. The van der Waals surface area contributed by atoms with Crippen molar-refractivity contribution >= 4 is 23.4 Å². The zero-order valence-electron chi connectivity index (χ0n) is 18.2. The minimum atomic E-state index is -0.566. The number of benzene rings is 2. The Morgan fingerprint density at radius 2 is 1.80 bits per heavy atom. The third-order valence-electron chi connectivity index (χ3n) is 4.53. The Balaban J connectivity index is 2.15. The van der Waals surface area contributed by atoms with Crippen molar-refractivity contribution < 1.29 is 14.3 Å². The van der Waals surface area contributed by atoms with Gasteiger partial charge in [0.15, 0.2) is 6.61 Å². The minimum absolute atomic E-state index is 0.158. The topological polar surface area (TPSA) is 58.6 Å². The van der Waals surface area contributed by atoms with Gasteiger partial charge in [-0.05, 0) is 57.4 Å². The summed E-state index contributed by atoms with van der Waals surface area (Å²) in [5.41, 5.74) is 0.729. The molecule has 0 bridgehead atoms. The first-order valence-corrected chi connectivity index (χ1v) is 10.6. The van der Waals surface area contributed by atoms with Gasteiger partial charge in [-0.3, -0.25) is 9.59 Å². The number of hydrogen-bond acceptors (Lipinski definition) is 3. The fourth-order valence-electron chi connectivity index (χ4n) is 3.13. The monoisotopic (exact) mass is 430 g/mol. The summed E-state index contributed by atoms with van der Waals surface area (Å²) < 4.78 is 5.65. The molecule has 30 heavy (non-hydrogen) atoms. The standard InChI is InChI=1S/C24H31ClN2O3/c1-5-21(23(29)26-24(2,3)4)27(15-14-18-10-7-6-8-11-18)22(28)17-30-20-13-9-12-19(25)16-20/h6-13,16,21H,5,14-15,17H2,1-4H3,(H,26,29). The average Bonchev–Trinajstić information content (AvgIpc) is 2.68. The van der Waals surface area contributed by atoms with Crippen LogP contribution >= 0.6 is 11.6 Å². The van der Waals surface area contributed by atoms with Crippen LogP contribution in [0.15, 0.2) is 54.6 Å². The van der Waals surface area contributed by atoms with Gasteiger partial charge in [-0.1, -0.05) is 54.9 Å². The zero-order chi connectivity index (χ0) is 22.1. The number of carbonyl (C=O) groups is 2. The van der Waals surface area contributed by atoms with Crippen molar-refractivity contribution in [1.29, 1.82) is 0 Å². The van der Waals surface area contributed by atoms with Gasteiger partial charge in [-0.25, -0.2) is 0 Å². The zero-order valence-corrected chi connectivity index (χ0v) is 18.9. The van der Waals surface area contributed by atoms with Crippen LogP contribution in [0.25, 0.3) is 0 Å². The Labute approximate surface area is 184 Å². The van der Waals surface area contributed by atoms with Crippen LogP contribution in [0, 0.1) is 0 Å². The summed E-state index contributed by atoms with van der Waals surface area (Å²) in [5.74, 6) is 0.127. The van der Waals surface area contributed by atoms with Crippen LogP contribution in [0.5, 0.6) is 5.75 Å². The van der Waals surface area contributed by atoms with E-state index in [1.165, 1.54) is 0 Å². The molecule has 0 aliphatic carbocycles. The molecule has 0 spiro atoms. The van der Waals surface area contributed by atoms with Crippen LogP contribution in [0.4, 0.5) is 0 Å². The molecule has 2 aromatic carbocycles. The number of ether oxygens (including phenoxy) is 1. The summed E-state index contributed by atoms with van der Waals surface area (Å²) in [6.45, 7) is 7.96. The second-order valence-electron chi connectivity index (χ2n) is 8.23. The molecule has 1 N–H and O–H groups in total. The molecule has 2 aromatic rings. The number of hydrogen-bond donors (Lipinski definition) is 1. The molecule has 0 aromatic heterocycles. The molecule has 1 atom stereocenters. The Hall–Kier alpha value is -2.53. The largest absolute Gasteiger partial charge is 0.484 e. The van der Waals surface area contributed by atoms with Crippen molar-refractivity contribution in [3.8, 4) is 5.75 Å². The van der Waals surface area contributed by atoms with E-state index in [2.05, 4.69) is 5.32 Å². The number of carbonyl (C=O) groups excluding carboxylic acids is 2. The first-order chi connectivity index (χ1) is 14.2. The molecule has 2 rings (SSSR count). The van der Waals surface area contributed by atoms with Gasteiger partial charge >= 0.3 is 0 Å². The first kappa shape index (κ1) is 23.7. The molecule has 6 heteroatoms. The fraction of sp³-hybridized carbons (Fsp3) is 0.417. The van der Waals surface area contributed by atoms with E-state index < -0.39 is 6.04 Å². The predicted molar refractivity (Wildman–Crippen MR) is 121 cm³/mol. The lowest BCUT2D eigenvalue weighted by atomic mass is 10.1. The highest BCUT2D eigenvalue weighted by atomic mass is 35.5. The first-order valence-electron chi connectivity index (χ1n) is 10.2. The lowest BCUT2D eigenvalue weighted by molar-refractivity contribution is -0.142. The molecule has 0 radical (unpaired) electrons. The van der Waals surface area contributed by atoms with Crippen molar-refractivity contribution in [2.75, 3.05) is 13.2 Å². The number of nitrogens with zero attached hydrogens (tertiary/aromatic N) is 1. The van der Waals surface area contributed by atoms with E-state index in [-0.39, 0.29) is 24.0 Å². The smallest absolute Gasteiger partial charge is 0.261 e. The molecule has 0 heterocycles. The van der Waals surface area contributed by atoms with Gasteiger partial charge in [0.1, 0.15) is 11.8 Å². The summed E-state index contributed by atoms with van der Waals surface area (Å²) in [4.78, 5) is 27.6. The Kier molecular flexibility index (Phi) is 8.72. The van der Waals surface area contributed by atoms with Crippen molar-refractivity contribution in [1.82, 2.24) is 10.2 Å². The molecule has 0 fully saturated rings. The van der Waals surface area contributed by atoms with Crippen LogP contribution < -0.4 is 10.1 Å². The molecular weight excluding hydrogens is 400 g/mol. The normalized spacial score (nSPS) is 12.2. The number of halogens is 1. The molecule has 5 nitrogen and oxygen atoms in total. The molecule has 0 saturated heterocycles. The van der Waals surface area contributed by atoms with Crippen LogP contribution in [-0.4, -0.2) is 41.4 Å². The molecule has 0 aliphatic rings. The van der Waals surface area contributed by atoms with E-state index in [0.29, 0.717) is 30.2 Å². The van der Waals surface area contributed by atoms with Gasteiger partial charge in [0.25, 0.3) is 5.91 Å². The lowest BCUT2D eigenvalue weighted by Gasteiger charge is -2.33. The van der Waals surface area contributed by atoms with E-state index in [0.717, 1.165) is 5.56 Å². The van der Waals surface area contributed by atoms with Gasteiger partial charge in [-0.15, -0.1) is 0 Å². The van der Waals surface area contributed by atoms with Crippen molar-refractivity contribution in [3.63, 3.8) is 0 Å². The van der Waals surface area contributed by atoms with Crippen molar-refractivity contribution in [2.45, 2.75) is 52.1 Å². The molecule has 0 aliphatic heterocycles. The summed E-state index contributed by atoms with van der Waals surface area (Å²) in [6, 6.07) is 16.3. The fourth-order valence-corrected chi connectivity index (χ4v) is 3.31. The second-order valence-corrected chi connectivity index (χ2v) is 8.67. The highest BCUT2D eigenvalue weighted by Crippen LogP contribution is 2.18.